The molecule has 3 heterocycles. The van der Waals surface area contributed by atoms with Gasteiger partial charge in [0.15, 0.2) is 5.65 Å². The number of nitrogens with zero attached hydrogens (tertiary/aromatic N) is 4. The second kappa shape index (κ2) is 5.01. The molecule has 0 radical (unpaired) electrons. The lowest BCUT2D eigenvalue weighted by Crippen LogP contribution is -2.24. The number of pyridine rings is 1. The molecule has 1 aliphatic carbocycles. The van der Waals surface area contributed by atoms with Gasteiger partial charge in [-0.15, -0.1) is 11.6 Å². The quantitative estimate of drug-likeness (QED) is 0.812. The number of halogens is 1. The van der Waals surface area contributed by atoms with Gasteiger partial charge in [-0.1, -0.05) is 0 Å². The molecule has 4 nitrogen and oxygen atoms in total. The molecule has 1 atom stereocenters. The Hall–Kier alpha value is -1.13. The van der Waals surface area contributed by atoms with Crippen LogP contribution in [0.1, 0.15) is 31.1 Å². The van der Waals surface area contributed by atoms with Crippen LogP contribution in [0, 0.1) is 0 Å². The fraction of sp³-hybridized carbons (Fsp3) is 0.600. The molecule has 0 amide bonds. The highest BCUT2D eigenvalue weighted by Crippen LogP contribution is 2.35. The van der Waals surface area contributed by atoms with Gasteiger partial charge in [-0.2, -0.15) is 0 Å². The predicted octanol–water partition coefficient (Wildman–Crippen LogP) is 2.62. The van der Waals surface area contributed by atoms with Gasteiger partial charge >= 0.3 is 0 Å². The molecule has 1 saturated carbocycles. The summed E-state index contributed by atoms with van der Waals surface area (Å²) in [7, 11) is 0. The third kappa shape index (κ3) is 2.11. The van der Waals surface area contributed by atoms with Gasteiger partial charge in [0.25, 0.3) is 0 Å². The zero-order valence-corrected chi connectivity index (χ0v) is 12.3. The van der Waals surface area contributed by atoms with Crippen LogP contribution in [0.2, 0.25) is 0 Å². The van der Waals surface area contributed by atoms with Crippen LogP contribution in [0.25, 0.3) is 11.2 Å². The van der Waals surface area contributed by atoms with Crippen molar-refractivity contribution >= 4 is 22.8 Å². The minimum atomic E-state index is 0.508. The number of hydrogen-bond donors (Lipinski definition) is 0. The third-order valence-electron chi connectivity index (χ3n) is 4.46. The predicted molar refractivity (Wildman–Crippen MR) is 80.2 cm³/mol. The number of aromatic nitrogens is 3. The summed E-state index contributed by atoms with van der Waals surface area (Å²) < 4.78 is 2.35. The lowest BCUT2D eigenvalue weighted by atomic mass is 10.2. The number of aryl methyl sites for hydroxylation is 1. The van der Waals surface area contributed by atoms with Gasteiger partial charge in [0.2, 0.25) is 0 Å². The highest BCUT2D eigenvalue weighted by Gasteiger charge is 2.36. The van der Waals surface area contributed by atoms with Crippen LogP contribution in [-0.2, 0) is 6.42 Å². The van der Waals surface area contributed by atoms with Crippen LogP contribution < -0.4 is 0 Å². The Labute approximate surface area is 123 Å². The molecule has 1 unspecified atom stereocenters. The van der Waals surface area contributed by atoms with Crippen LogP contribution in [0.3, 0.4) is 0 Å². The Bertz CT molecular complexity index is 619. The normalized spacial score (nSPS) is 23.8. The smallest absolute Gasteiger partial charge is 0.160 e. The molecule has 0 spiro atoms. The molecule has 0 bridgehead atoms. The monoisotopic (exact) mass is 290 g/mol. The molecule has 2 aromatic rings. The summed E-state index contributed by atoms with van der Waals surface area (Å²) in [5, 5.41) is 0. The Balaban J connectivity index is 1.71. The van der Waals surface area contributed by atoms with Crippen molar-refractivity contribution in [1.29, 1.82) is 0 Å². The van der Waals surface area contributed by atoms with Crippen molar-refractivity contribution in [3.8, 4) is 0 Å². The van der Waals surface area contributed by atoms with Gasteiger partial charge in [0, 0.05) is 37.6 Å². The van der Waals surface area contributed by atoms with Gasteiger partial charge in [0.1, 0.15) is 11.3 Å². The number of imidazole rings is 1. The number of rotatable bonds is 4. The average molecular weight is 291 g/mol. The van der Waals surface area contributed by atoms with E-state index < -0.39 is 0 Å². The molecule has 0 N–H and O–H groups in total. The molecule has 4 rings (SSSR count). The number of fused-ring (bicyclic) bond motifs is 1. The van der Waals surface area contributed by atoms with Crippen LogP contribution in [0.5, 0.6) is 0 Å². The fourth-order valence-corrected chi connectivity index (χ4v) is 3.54. The maximum atomic E-state index is 5.95. The summed E-state index contributed by atoms with van der Waals surface area (Å²) in [6.07, 6.45) is 6.64. The van der Waals surface area contributed by atoms with Crippen LogP contribution in [0.4, 0.5) is 0 Å². The molecule has 106 valence electrons. The largest absolute Gasteiger partial charge is 0.308 e. The second-order valence-corrected chi connectivity index (χ2v) is 6.23. The van der Waals surface area contributed by atoms with E-state index in [2.05, 4.69) is 14.5 Å². The van der Waals surface area contributed by atoms with Crippen LogP contribution >= 0.6 is 11.6 Å². The van der Waals surface area contributed by atoms with Crippen molar-refractivity contribution < 1.29 is 0 Å². The number of alkyl halides is 1. The van der Waals surface area contributed by atoms with Gasteiger partial charge < -0.3 is 4.57 Å². The molecule has 0 aromatic carbocycles. The Morgan fingerprint density at radius 3 is 2.95 bits per heavy atom. The average Bonchev–Trinajstić information content (AvgIpc) is 3.09. The van der Waals surface area contributed by atoms with Crippen molar-refractivity contribution in [2.45, 2.75) is 37.8 Å². The van der Waals surface area contributed by atoms with Crippen molar-refractivity contribution in [2.75, 3.05) is 19.0 Å². The zero-order valence-electron chi connectivity index (χ0n) is 11.5. The topological polar surface area (TPSA) is 34.0 Å². The lowest BCUT2D eigenvalue weighted by molar-refractivity contribution is 0.313. The van der Waals surface area contributed by atoms with E-state index in [0.717, 1.165) is 36.0 Å². The molecule has 2 aliphatic rings. The first-order valence-electron chi connectivity index (χ1n) is 7.48. The fourth-order valence-electron chi connectivity index (χ4n) is 3.37. The Kier molecular flexibility index (Phi) is 3.15. The van der Waals surface area contributed by atoms with E-state index in [1.54, 1.807) is 0 Å². The SMILES string of the molecule is ClCCc1nc2cccnc2n1C1CCN(C2CC2)C1. The van der Waals surface area contributed by atoms with Gasteiger partial charge in [-0.3, -0.25) is 4.90 Å². The van der Waals surface area contributed by atoms with Gasteiger partial charge in [-0.05, 0) is 31.4 Å². The minimum absolute atomic E-state index is 0.508. The summed E-state index contributed by atoms with van der Waals surface area (Å²) in [4.78, 5) is 11.9. The van der Waals surface area contributed by atoms with Crippen LogP contribution in [-0.4, -0.2) is 44.4 Å². The van der Waals surface area contributed by atoms with E-state index in [-0.39, 0.29) is 0 Å². The van der Waals surface area contributed by atoms with Crippen molar-refractivity contribution in [3.05, 3.63) is 24.2 Å². The molecular formula is C15H19ClN4. The zero-order chi connectivity index (χ0) is 13.5. The van der Waals surface area contributed by atoms with E-state index in [4.69, 9.17) is 16.6 Å². The van der Waals surface area contributed by atoms with E-state index in [1.807, 2.05) is 18.3 Å². The van der Waals surface area contributed by atoms with E-state index >= 15 is 0 Å². The third-order valence-corrected chi connectivity index (χ3v) is 4.65. The summed E-state index contributed by atoms with van der Waals surface area (Å²) in [6.45, 7) is 2.35. The summed E-state index contributed by atoms with van der Waals surface area (Å²) in [5.41, 5.74) is 2.02. The first-order valence-corrected chi connectivity index (χ1v) is 8.02. The number of likely N-dealkylation sites (tertiary alicyclic amines) is 1. The highest BCUT2D eigenvalue weighted by atomic mass is 35.5. The molecule has 2 aromatic heterocycles. The molecule has 20 heavy (non-hydrogen) atoms. The summed E-state index contributed by atoms with van der Waals surface area (Å²) in [5.74, 6) is 1.71. The van der Waals surface area contributed by atoms with Crippen molar-refractivity contribution in [2.24, 2.45) is 0 Å². The van der Waals surface area contributed by atoms with Crippen molar-refractivity contribution in [1.82, 2.24) is 19.4 Å². The number of hydrogen-bond acceptors (Lipinski definition) is 3. The molecular weight excluding hydrogens is 272 g/mol. The maximum absolute atomic E-state index is 5.95. The van der Waals surface area contributed by atoms with E-state index in [0.29, 0.717) is 11.9 Å². The molecule has 5 heteroatoms. The molecule has 1 saturated heterocycles. The molecule has 2 fully saturated rings. The van der Waals surface area contributed by atoms with Crippen molar-refractivity contribution in [3.63, 3.8) is 0 Å². The van der Waals surface area contributed by atoms with Crippen LogP contribution in [0.15, 0.2) is 18.3 Å². The first kappa shape index (κ1) is 12.6. The summed E-state index contributed by atoms with van der Waals surface area (Å²) in [6, 6.07) is 5.35. The second-order valence-electron chi connectivity index (χ2n) is 5.85. The highest BCUT2D eigenvalue weighted by molar-refractivity contribution is 6.17. The Morgan fingerprint density at radius 1 is 1.25 bits per heavy atom. The standard InChI is InChI=1S/C15H19ClN4/c16-7-5-14-18-13-2-1-8-17-15(13)20(14)12-6-9-19(10-12)11-3-4-11/h1-2,8,11-12H,3-7,9-10H2. The summed E-state index contributed by atoms with van der Waals surface area (Å²) >= 11 is 5.95. The lowest BCUT2D eigenvalue weighted by Gasteiger charge is -2.17. The molecule has 1 aliphatic heterocycles. The minimum Gasteiger partial charge on any atom is -0.308 e. The maximum Gasteiger partial charge on any atom is 0.160 e. The first-order chi connectivity index (χ1) is 9.86. The van der Waals surface area contributed by atoms with Gasteiger partial charge in [-0.25, -0.2) is 9.97 Å². The van der Waals surface area contributed by atoms with Gasteiger partial charge in [0.05, 0.1) is 6.04 Å². The van der Waals surface area contributed by atoms with E-state index in [1.165, 1.54) is 25.8 Å². The Morgan fingerprint density at radius 2 is 2.15 bits per heavy atom. The van der Waals surface area contributed by atoms with E-state index in [9.17, 15) is 0 Å².